The van der Waals surface area contributed by atoms with Crippen molar-refractivity contribution in [2.45, 2.75) is 37.3 Å². The van der Waals surface area contributed by atoms with Crippen LogP contribution in [0.25, 0.3) is 0 Å². The Hall–Kier alpha value is -3.19. The molecule has 0 spiro atoms. The maximum absolute atomic E-state index is 12.8. The lowest BCUT2D eigenvalue weighted by Crippen LogP contribution is -2.55. The predicted molar refractivity (Wildman–Crippen MR) is 111 cm³/mol. The fourth-order valence-electron chi connectivity index (χ4n) is 3.84. The number of hydrogen-bond acceptors (Lipinski definition) is 4. The van der Waals surface area contributed by atoms with E-state index in [4.69, 9.17) is 0 Å². The molecule has 1 saturated heterocycles. The minimum Gasteiger partial charge on any atom is -0.480 e. The van der Waals surface area contributed by atoms with Crippen LogP contribution in [0.5, 0.6) is 0 Å². The first-order chi connectivity index (χ1) is 14.4. The second-order valence-corrected chi connectivity index (χ2v) is 7.57. The maximum Gasteiger partial charge on any atom is 0.329 e. The van der Waals surface area contributed by atoms with Crippen LogP contribution in [0.1, 0.15) is 35.2 Å². The molecule has 30 heavy (non-hydrogen) atoms. The average Bonchev–Trinajstić information content (AvgIpc) is 2.93. The highest BCUT2D eigenvalue weighted by atomic mass is 16.4. The van der Waals surface area contributed by atoms with Crippen molar-refractivity contribution in [1.29, 1.82) is 0 Å². The van der Waals surface area contributed by atoms with Gasteiger partial charge in [-0.3, -0.25) is 9.59 Å². The standard InChI is InChI=1S/C23H26N2O5/c26-16-19(15-17-7-3-1-4-8-17)25-14-13-23(22(29)30,12-11-20(25)27)24-21(28)18-9-5-2-6-10-18/h1-10,19,26H,11-16H2,(H,24,28)(H,29,30)/t19-,23+/m0/s1. The van der Waals surface area contributed by atoms with Crippen LogP contribution in [0.15, 0.2) is 60.7 Å². The second kappa shape index (κ2) is 9.54. The monoisotopic (exact) mass is 410 g/mol. The number of aliphatic hydroxyl groups is 1. The molecule has 0 bridgehead atoms. The summed E-state index contributed by atoms with van der Waals surface area (Å²) >= 11 is 0. The molecule has 2 amide bonds. The van der Waals surface area contributed by atoms with E-state index < -0.39 is 23.5 Å². The Morgan fingerprint density at radius 1 is 1.03 bits per heavy atom. The molecule has 2 atom stereocenters. The van der Waals surface area contributed by atoms with Crippen molar-refractivity contribution in [3.05, 3.63) is 71.8 Å². The van der Waals surface area contributed by atoms with E-state index in [2.05, 4.69) is 5.32 Å². The van der Waals surface area contributed by atoms with Gasteiger partial charge in [-0.05, 0) is 37.0 Å². The van der Waals surface area contributed by atoms with Crippen molar-refractivity contribution < 1.29 is 24.6 Å². The summed E-state index contributed by atoms with van der Waals surface area (Å²) in [6, 6.07) is 17.5. The zero-order valence-electron chi connectivity index (χ0n) is 16.7. The number of rotatable bonds is 7. The number of nitrogens with one attached hydrogen (secondary N) is 1. The van der Waals surface area contributed by atoms with Crippen molar-refractivity contribution >= 4 is 17.8 Å². The number of aliphatic hydroxyl groups excluding tert-OH is 1. The Bertz CT molecular complexity index is 887. The molecule has 1 fully saturated rings. The predicted octanol–water partition coefficient (Wildman–Crippen LogP) is 1.86. The highest BCUT2D eigenvalue weighted by Gasteiger charge is 2.44. The van der Waals surface area contributed by atoms with Crippen LogP contribution < -0.4 is 5.32 Å². The maximum atomic E-state index is 12.8. The molecule has 2 aromatic carbocycles. The van der Waals surface area contributed by atoms with Gasteiger partial charge in [-0.15, -0.1) is 0 Å². The number of carboxylic acids is 1. The van der Waals surface area contributed by atoms with Crippen molar-refractivity contribution in [3.63, 3.8) is 0 Å². The third-order valence-electron chi connectivity index (χ3n) is 5.63. The first-order valence-electron chi connectivity index (χ1n) is 10.0. The van der Waals surface area contributed by atoms with Gasteiger partial charge in [0.15, 0.2) is 0 Å². The molecule has 3 rings (SSSR count). The summed E-state index contributed by atoms with van der Waals surface area (Å²) in [5.74, 6) is -1.87. The second-order valence-electron chi connectivity index (χ2n) is 7.57. The molecule has 0 saturated carbocycles. The van der Waals surface area contributed by atoms with Gasteiger partial charge in [0, 0.05) is 18.5 Å². The van der Waals surface area contributed by atoms with Gasteiger partial charge in [0.1, 0.15) is 5.54 Å². The molecule has 0 radical (unpaired) electrons. The largest absolute Gasteiger partial charge is 0.480 e. The smallest absolute Gasteiger partial charge is 0.329 e. The lowest BCUT2D eigenvalue weighted by molar-refractivity contribution is -0.145. The van der Waals surface area contributed by atoms with Crippen molar-refractivity contribution in [3.8, 4) is 0 Å². The summed E-state index contributed by atoms with van der Waals surface area (Å²) in [6.45, 7) is -0.0880. The molecule has 7 nitrogen and oxygen atoms in total. The quantitative estimate of drug-likeness (QED) is 0.646. The highest BCUT2D eigenvalue weighted by Crippen LogP contribution is 2.26. The molecular weight excluding hydrogens is 384 g/mol. The van der Waals surface area contributed by atoms with E-state index in [0.29, 0.717) is 12.0 Å². The number of benzene rings is 2. The van der Waals surface area contributed by atoms with Crippen molar-refractivity contribution in [1.82, 2.24) is 10.2 Å². The lowest BCUT2D eigenvalue weighted by atomic mass is 9.90. The SMILES string of the molecule is O=C(N[C@]1(C(=O)O)CCC(=O)N([C@H](CO)Cc2ccccc2)CC1)c1ccccc1. The summed E-state index contributed by atoms with van der Waals surface area (Å²) in [4.78, 5) is 39.1. The van der Waals surface area contributed by atoms with Gasteiger partial charge >= 0.3 is 5.97 Å². The van der Waals surface area contributed by atoms with E-state index in [-0.39, 0.29) is 38.3 Å². The summed E-state index contributed by atoms with van der Waals surface area (Å²) in [7, 11) is 0. The fraction of sp³-hybridized carbons (Fsp3) is 0.348. The van der Waals surface area contributed by atoms with Gasteiger partial charge in [-0.2, -0.15) is 0 Å². The molecule has 1 heterocycles. The normalized spacial score (nSPS) is 20.3. The molecule has 0 aliphatic carbocycles. The van der Waals surface area contributed by atoms with Crippen LogP contribution in [0.2, 0.25) is 0 Å². The number of hydrogen-bond donors (Lipinski definition) is 3. The highest BCUT2D eigenvalue weighted by molar-refractivity contribution is 5.98. The van der Waals surface area contributed by atoms with Crippen LogP contribution in [-0.4, -0.2) is 57.6 Å². The van der Waals surface area contributed by atoms with Crippen LogP contribution in [0.4, 0.5) is 0 Å². The molecule has 2 aromatic rings. The number of nitrogens with zero attached hydrogens (tertiary/aromatic N) is 1. The topological polar surface area (TPSA) is 107 Å². The minimum atomic E-state index is -1.54. The van der Waals surface area contributed by atoms with Gasteiger partial charge in [0.2, 0.25) is 5.91 Å². The number of likely N-dealkylation sites (tertiary alicyclic amines) is 1. The average molecular weight is 410 g/mol. The van der Waals surface area contributed by atoms with E-state index in [9.17, 15) is 24.6 Å². The zero-order valence-corrected chi connectivity index (χ0v) is 16.7. The van der Waals surface area contributed by atoms with Gasteiger partial charge in [0.25, 0.3) is 5.91 Å². The number of aliphatic carboxylic acids is 1. The molecule has 3 N–H and O–H groups in total. The Labute approximate surface area is 175 Å². The first kappa shape index (κ1) is 21.5. The number of carbonyl (C=O) groups excluding carboxylic acids is 2. The van der Waals surface area contributed by atoms with Crippen LogP contribution in [-0.2, 0) is 16.0 Å². The molecule has 1 aliphatic heterocycles. The van der Waals surface area contributed by atoms with E-state index in [0.717, 1.165) is 5.56 Å². The molecular formula is C23H26N2O5. The van der Waals surface area contributed by atoms with Gasteiger partial charge in [-0.1, -0.05) is 48.5 Å². The number of carbonyl (C=O) groups is 3. The zero-order chi connectivity index (χ0) is 21.6. The fourth-order valence-corrected chi connectivity index (χ4v) is 3.84. The molecule has 7 heteroatoms. The van der Waals surface area contributed by atoms with Gasteiger partial charge in [-0.25, -0.2) is 4.79 Å². The van der Waals surface area contributed by atoms with Crippen molar-refractivity contribution in [2.75, 3.05) is 13.2 Å². The number of amides is 2. The van der Waals surface area contributed by atoms with E-state index in [1.807, 2.05) is 30.3 Å². The Kier molecular flexibility index (Phi) is 6.84. The Balaban J connectivity index is 1.77. The lowest BCUT2D eigenvalue weighted by Gasteiger charge is -2.32. The minimum absolute atomic E-state index is 0.000272. The summed E-state index contributed by atoms with van der Waals surface area (Å²) < 4.78 is 0. The van der Waals surface area contributed by atoms with E-state index in [1.54, 1.807) is 35.2 Å². The van der Waals surface area contributed by atoms with Gasteiger partial charge in [0.05, 0.1) is 12.6 Å². The third kappa shape index (κ3) is 4.86. The van der Waals surface area contributed by atoms with E-state index >= 15 is 0 Å². The summed E-state index contributed by atoms with van der Waals surface area (Å²) in [6.07, 6.45) is 0.518. The van der Waals surface area contributed by atoms with Crippen LogP contribution in [0, 0.1) is 0 Å². The summed E-state index contributed by atoms with van der Waals surface area (Å²) in [5.41, 5.74) is -0.192. The van der Waals surface area contributed by atoms with Crippen LogP contribution in [0.3, 0.4) is 0 Å². The number of carboxylic acid groups (broad SMARTS) is 1. The first-order valence-corrected chi connectivity index (χ1v) is 10.0. The van der Waals surface area contributed by atoms with Gasteiger partial charge < -0.3 is 20.4 Å². The molecule has 158 valence electrons. The van der Waals surface area contributed by atoms with E-state index in [1.165, 1.54) is 0 Å². The molecule has 1 aliphatic rings. The Morgan fingerprint density at radius 3 is 2.27 bits per heavy atom. The van der Waals surface area contributed by atoms with Crippen molar-refractivity contribution in [2.24, 2.45) is 0 Å². The third-order valence-corrected chi connectivity index (χ3v) is 5.63. The summed E-state index contributed by atoms with van der Waals surface area (Å²) in [5, 5.41) is 22.5. The molecule has 0 unspecified atom stereocenters. The van der Waals surface area contributed by atoms with Crippen LogP contribution >= 0.6 is 0 Å². The molecule has 0 aromatic heterocycles. The Morgan fingerprint density at radius 2 is 1.67 bits per heavy atom.